The van der Waals surface area contributed by atoms with Gasteiger partial charge in [0, 0.05) is 0 Å². The van der Waals surface area contributed by atoms with Gasteiger partial charge in [0.05, 0.1) is 18.5 Å². The van der Waals surface area contributed by atoms with Crippen molar-refractivity contribution in [2.24, 2.45) is 0 Å². The maximum atomic E-state index is 12.9. The molecule has 0 amide bonds. The second-order valence-corrected chi connectivity index (χ2v) is 11.4. The predicted molar refractivity (Wildman–Crippen MR) is 128 cm³/mol. The Labute approximate surface area is 182 Å². The van der Waals surface area contributed by atoms with Crippen LogP contribution in [0.25, 0.3) is 12.2 Å². The van der Waals surface area contributed by atoms with Crippen LogP contribution >= 0.6 is 7.60 Å². The van der Waals surface area contributed by atoms with Crippen molar-refractivity contribution in [2.75, 3.05) is 13.2 Å². The number of hydrogen-bond acceptors (Lipinski definition) is 3. The van der Waals surface area contributed by atoms with Gasteiger partial charge in [0.25, 0.3) is 0 Å². The minimum Gasteiger partial charge on any atom is -0.305 e. The topological polar surface area (TPSA) is 35.5 Å². The molecule has 0 fully saturated rings. The van der Waals surface area contributed by atoms with Crippen LogP contribution < -0.4 is 5.30 Å². The van der Waals surface area contributed by atoms with E-state index in [-0.39, 0.29) is 10.8 Å². The summed E-state index contributed by atoms with van der Waals surface area (Å²) in [6, 6.07) is 14.5. The molecule has 0 radical (unpaired) electrons. The molecule has 0 heterocycles. The van der Waals surface area contributed by atoms with Crippen LogP contribution in [-0.2, 0) is 24.4 Å². The molecule has 0 saturated heterocycles. The standard InChI is InChI=1S/C26H35O3P/c1-7-28-30(27,29-8-2)22-14-11-20(12-15-22)9-10-21-13-16-23-24(19-21)26(5,6)18-17-25(23,3)4/h9-16,19H,7-8,17-18H2,1-6H3/b10-9+. The SMILES string of the molecule is CCOP(=O)(OCC)c1ccc(/C=C/c2ccc3c(c2)C(C)(C)CCC3(C)C)cc1. The molecular weight excluding hydrogens is 391 g/mol. The Morgan fingerprint density at radius 1 is 0.800 bits per heavy atom. The van der Waals surface area contributed by atoms with Gasteiger partial charge in [0.2, 0.25) is 0 Å². The van der Waals surface area contributed by atoms with Crippen molar-refractivity contribution < 1.29 is 13.6 Å². The zero-order valence-electron chi connectivity index (χ0n) is 19.2. The molecule has 0 aliphatic heterocycles. The maximum Gasteiger partial charge on any atom is 0.361 e. The van der Waals surface area contributed by atoms with Crippen molar-refractivity contribution in [1.82, 2.24) is 0 Å². The van der Waals surface area contributed by atoms with Gasteiger partial charge in [-0.15, -0.1) is 0 Å². The molecule has 4 heteroatoms. The van der Waals surface area contributed by atoms with Crippen molar-refractivity contribution in [3.05, 3.63) is 64.7 Å². The van der Waals surface area contributed by atoms with E-state index in [1.807, 2.05) is 38.1 Å². The van der Waals surface area contributed by atoms with E-state index < -0.39 is 7.60 Å². The minimum absolute atomic E-state index is 0.204. The summed E-state index contributed by atoms with van der Waals surface area (Å²) >= 11 is 0. The van der Waals surface area contributed by atoms with Crippen molar-refractivity contribution >= 4 is 25.1 Å². The molecule has 1 aliphatic carbocycles. The van der Waals surface area contributed by atoms with Gasteiger partial charge >= 0.3 is 7.60 Å². The summed E-state index contributed by atoms with van der Waals surface area (Å²) in [7, 11) is -3.23. The number of rotatable bonds is 7. The molecule has 2 aromatic carbocycles. The van der Waals surface area contributed by atoms with Crippen LogP contribution in [0, 0.1) is 0 Å². The van der Waals surface area contributed by atoms with E-state index in [1.165, 1.54) is 29.5 Å². The van der Waals surface area contributed by atoms with Gasteiger partial charge in [-0.1, -0.05) is 70.2 Å². The lowest BCUT2D eigenvalue weighted by molar-refractivity contribution is 0.230. The lowest BCUT2D eigenvalue weighted by Crippen LogP contribution is -2.33. The summed E-state index contributed by atoms with van der Waals surface area (Å²) in [6.07, 6.45) is 6.68. The first-order chi connectivity index (χ1) is 14.1. The summed E-state index contributed by atoms with van der Waals surface area (Å²) in [5, 5.41) is 0.598. The summed E-state index contributed by atoms with van der Waals surface area (Å²) in [5.41, 5.74) is 5.63. The van der Waals surface area contributed by atoms with Gasteiger partial charge in [-0.05, 0) is 71.9 Å². The molecular formula is C26H35O3P. The Morgan fingerprint density at radius 3 is 1.87 bits per heavy atom. The molecule has 0 spiro atoms. The first-order valence-electron chi connectivity index (χ1n) is 10.9. The molecule has 3 nitrogen and oxygen atoms in total. The summed E-state index contributed by atoms with van der Waals surface area (Å²) in [4.78, 5) is 0. The highest BCUT2D eigenvalue weighted by Gasteiger charge is 2.36. The Balaban J connectivity index is 1.84. The molecule has 30 heavy (non-hydrogen) atoms. The Hall–Kier alpha value is -1.67. The fourth-order valence-electron chi connectivity index (χ4n) is 4.20. The summed E-state index contributed by atoms with van der Waals surface area (Å²) in [5.74, 6) is 0. The van der Waals surface area contributed by atoms with Gasteiger partial charge in [0.15, 0.2) is 0 Å². The van der Waals surface area contributed by atoms with Gasteiger partial charge in [0.1, 0.15) is 0 Å². The lowest BCUT2D eigenvalue weighted by atomic mass is 9.63. The van der Waals surface area contributed by atoms with Crippen LogP contribution in [0.4, 0.5) is 0 Å². The third-order valence-electron chi connectivity index (χ3n) is 6.15. The van der Waals surface area contributed by atoms with E-state index in [0.717, 1.165) is 5.56 Å². The largest absolute Gasteiger partial charge is 0.361 e. The molecule has 3 rings (SSSR count). The molecule has 0 N–H and O–H groups in total. The van der Waals surface area contributed by atoms with Crippen LogP contribution in [0.15, 0.2) is 42.5 Å². The zero-order valence-corrected chi connectivity index (χ0v) is 20.1. The van der Waals surface area contributed by atoms with E-state index in [9.17, 15) is 4.57 Å². The molecule has 2 aromatic rings. The molecule has 0 unspecified atom stereocenters. The number of benzene rings is 2. The number of fused-ring (bicyclic) bond motifs is 1. The quantitative estimate of drug-likeness (QED) is 0.350. The molecule has 1 aliphatic rings. The van der Waals surface area contributed by atoms with Gasteiger partial charge in [-0.2, -0.15) is 0 Å². The normalized spacial score (nSPS) is 17.8. The fraction of sp³-hybridized carbons (Fsp3) is 0.462. The number of hydrogen-bond donors (Lipinski definition) is 0. The van der Waals surface area contributed by atoms with E-state index in [1.54, 1.807) is 0 Å². The highest BCUT2D eigenvalue weighted by Crippen LogP contribution is 2.47. The second kappa shape index (κ2) is 8.83. The van der Waals surface area contributed by atoms with E-state index in [0.29, 0.717) is 18.5 Å². The monoisotopic (exact) mass is 426 g/mol. The third-order valence-corrected chi connectivity index (χ3v) is 8.28. The van der Waals surface area contributed by atoms with E-state index >= 15 is 0 Å². The Morgan fingerprint density at radius 2 is 1.30 bits per heavy atom. The minimum atomic E-state index is -3.23. The molecule has 0 bridgehead atoms. The van der Waals surface area contributed by atoms with Crippen molar-refractivity contribution in [3.63, 3.8) is 0 Å². The van der Waals surface area contributed by atoms with Crippen molar-refractivity contribution in [2.45, 2.75) is 65.2 Å². The van der Waals surface area contributed by atoms with Gasteiger partial charge < -0.3 is 9.05 Å². The van der Waals surface area contributed by atoms with E-state index in [4.69, 9.17) is 9.05 Å². The molecule has 0 atom stereocenters. The summed E-state index contributed by atoms with van der Waals surface area (Å²) < 4.78 is 23.8. The Bertz CT molecular complexity index is 945. The smallest absolute Gasteiger partial charge is 0.305 e. The Kier molecular flexibility index (Phi) is 6.77. The maximum absolute atomic E-state index is 12.9. The van der Waals surface area contributed by atoms with Crippen LogP contribution in [0.5, 0.6) is 0 Å². The van der Waals surface area contributed by atoms with Crippen molar-refractivity contribution in [1.29, 1.82) is 0 Å². The van der Waals surface area contributed by atoms with Crippen LogP contribution in [0.2, 0.25) is 0 Å². The molecule has 162 valence electrons. The predicted octanol–water partition coefficient (Wildman–Crippen LogP) is 7.10. The van der Waals surface area contributed by atoms with Crippen LogP contribution in [0.1, 0.15) is 76.6 Å². The highest BCUT2D eigenvalue weighted by atomic mass is 31.2. The first kappa shape index (κ1) is 23.0. The van der Waals surface area contributed by atoms with Crippen molar-refractivity contribution in [3.8, 4) is 0 Å². The second-order valence-electron chi connectivity index (χ2n) is 9.33. The highest BCUT2D eigenvalue weighted by molar-refractivity contribution is 7.62. The van der Waals surface area contributed by atoms with E-state index in [2.05, 4.69) is 58.0 Å². The average molecular weight is 427 g/mol. The third kappa shape index (κ3) is 4.80. The van der Waals surface area contributed by atoms with Gasteiger partial charge in [-0.3, -0.25) is 4.57 Å². The van der Waals surface area contributed by atoms with Crippen LogP contribution in [0.3, 0.4) is 0 Å². The van der Waals surface area contributed by atoms with Crippen LogP contribution in [-0.4, -0.2) is 13.2 Å². The zero-order chi connectivity index (χ0) is 22.0. The fourth-order valence-corrected chi connectivity index (χ4v) is 5.76. The first-order valence-corrected chi connectivity index (χ1v) is 12.5. The molecule has 0 saturated carbocycles. The lowest BCUT2D eigenvalue weighted by Gasteiger charge is -2.42. The van der Waals surface area contributed by atoms with Gasteiger partial charge in [-0.25, -0.2) is 0 Å². The average Bonchev–Trinajstić information content (AvgIpc) is 2.71. The summed E-state index contributed by atoms with van der Waals surface area (Å²) in [6.45, 7) is 13.7. The molecule has 0 aromatic heterocycles.